The van der Waals surface area contributed by atoms with Crippen LogP contribution in [-0.4, -0.2) is 49.1 Å². The van der Waals surface area contributed by atoms with Crippen LogP contribution in [0.2, 0.25) is 0 Å². The van der Waals surface area contributed by atoms with Gasteiger partial charge in [-0.1, -0.05) is 24.8 Å². The second-order valence-electron chi connectivity index (χ2n) is 6.58. The zero-order chi connectivity index (χ0) is 20.8. The summed E-state index contributed by atoms with van der Waals surface area (Å²) in [5, 5.41) is 0.532. The summed E-state index contributed by atoms with van der Waals surface area (Å²) < 4.78 is 15.9. The Kier molecular flexibility index (Phi) is 7.04. The molecule has 0 aliphatic carbocycles. The number of methoxy groups -OCH3 is 3. The molecule has 1 heterocycles. The van der Waals surface area contributed by atoms with E-state index in [2.05, 4.69) is 6.92 Å². The van der Waals surface area contributed by atoms with Crippen LogP contribution in [0.5, 0.6) is 17.2 Å². The van der Waals surface area contributed by atoms with Crippen LogP contribution in [0.3, 0.4) is 0 Å². The summed E-state index contributed by atoms with van der Waals surface area (Å²) in [6, 6.07) is 13.3. The number of rotatable bonds is 8. The molecule has 29 heavy (non-hydrogen) atoms. The Hall–Kier alpha value is -2.67. The van der Waals surface area contributed by atoms with E-state index >= 15 is 0 Å². The van der Waals surface area contributed by atoms with Crippen molar-refractivity contribution in [3.63, 3.8) is 0 Å². The maximum Gasteiger partial charge on any atom is 0.242 e. The molecule has 0 saturated carbocycles. The van der Waals surface area contributed by atoms with Gasteiger partial charge in [-0.15, -0.1) is 0 Å². The number of amides is 1. The van der Waals surface area contributed by atoms with Crippen LogP contribution in [0.1, 0.15) is 18.9 Å². The fourth-order valence-electron chi connectivity index (χ4n) is 3.14. The van der Waals surface area contributed by atoms with Crippen LogP contribution in [0.4, 0.5) is 5.69 Å². The molecule has 1 fully saturated rings. The standard InChI is InChI=1S/C22H26N2O4S/c1-5-12-24-21(25)20(14-15-6-11-18(27-3)19(13-15)28-4)29-22(24)23-16-7-9-17(26-2)10-8-16/h6-11,13,20H,5,12,14H2,1-4H3/t20-/m0/s1. The molecule has 0 bridgehead atoms. The Morgan fingerprint density at radius 1 is 1.00 bits per heavy atom. The van der Waals surface area contributed by atoms with Crippen LogP contribution in [-0.2, 0) is 11.2 Å². The number of hydrogen-bond acceptors (Lipinski definition) is 6. The first-order chi connectivity index (χ1) is 14.1. The van der Waals surface area contributed by atoms with Gasteiger partial charge in [-0.25, -0.2) is 4.99 Å². The highest BCUT2D eigenvalue weighted by molar-refractivity contribution is 8.15. The normalized spacial score (nSPS) is 17.7. The topological polar surface area (TPSA) is 60.4 Å². The predicted octanol–water partition coefficient (Wildman–Crippen LogP) is 4.30. The molecular formula is C22H26N2O4S. The van der Waals surface area contributed by atoms with E-state index in [4.69, 9.17) is 19.2 Å². The number of amidine groups is 1. The Bertz CT molecular complexity index is 883. The Morgan fingerprint density at radius 2 is 1.72 bits per heavy atom. The van der Waals surface area contributed by atoms with Gasteiger partial charge < -0.3 is 14.2 Å². The molecule has 1 saturated heterocycles. The number of thioether (sulfide) groups is 1. The molecule has 1 aliphatic heterocycles. The molecule has 154 valence electrons. The summed E-state index contributed by atoms with van der Waals surface area (Å²) in [6.07, 6.45) is 1.47. The van der Waals surface area contributed by atoms with Gasteiger partial charge in [0.2, 0.25) is 5.91 Å². The second-order valence-corrected chi connectivity index (χ2v) is 7.75. The summed E-state index contributed by atoms with van der Waals surface area (Å²) in [7, 11) is 4.85. The first-order valence-electron chi connectivity index (χ1n) is 9.51. The molecule has 2 aromatic rings. The molecule has 0 aromatic heterocycles. The van der Waals surface area contributed by atoms with E-state index in [9.17, 15) is 4.79 Å². The molecule has 0 unspecified atom stereocenters. The van der Waals surface area contributed by atoms with Gasteiger partial charge in [0.15, 0.2) is 16.7 Å². The zero-order valence-electron chi connectivity index (χ0n) is 17.2. The summed E-state index contributed by atoms with van der Waals surface area (Å²) >= 11 is 1.51. The lowest BCUT2D eigenvalue weighted by molar-refractivity contribution is -0.126. The molecule has 0 N–H and O–H groups in total. The molecule has 1 amide bonds. The van der Waals surface area contributed by atoms with Gasteiger partial charge in [0.05, 0.1) is 32.3 Å². The van der Waals surface area contributed by atoms with Crippen molar-refractivity contribution in [2.75, 3.05) is 27.9 Å². The van der Waals surface area contributed by atoms with Crippen molar-refractivity contribution in [1.29, 1.82) is 0 Å². The molecule has 0 radical (unpaired) electrons. The minimum absolute atomic E-state index is 0.0962. The van der Waals surface area contributed by atoms with Crippen LogP contribution in [0, 0.1) is 0 Å². The monoisotopic (exact) mass is 414 g/mol. The molecule has 1 atom stereocenters. The molecular weight excluding hydrogens is 388 g/mol. The van der Waals surface area contributed by atoms with E-state index in [0.717, 1.165) is 28.6 Å². The van der Waals surface area contributed by atoms with Crippen molar-refractivity contribution in [3.8, 4) is 17.2 Å². The second kappa shape index (κ2) is 9.69. The van der Waals surface area contributed by atoms with Crippen LogP contribution < -0.4 is 14.2 Å². The lowest BCUT2D eigenvalue weighted by Gasteiger charge is -2.15. The lowest BCUT2D eigenvalue weighted by Crippen LogP contribution is -2.33. The molecule has 1 aliphatic rings. The maximum atomic E-state index is 13.0. The highest BCUT2D eigenvalue weighted by atomic mass is 32.2. The van der Waals surface area contributed by atoms with Gasteiger partial charge in [0.25, 0.3) is 0 Å². The summed E-state index contributed by atoms with van der Waals surface area (Å²) in [6.45, 7) is 2.72. The molecule has 7 heteroatoms. The zero-order valence-corrected chi connectivity index (χ0v) is 18.0. The quantitative estimate of drug-likeness (QED) is 0.645. The van der Waals surface area contributed by atoms with Gasteiger partial charge in [0, 0.05) is 6.54 Å². The average molecular weight is 415 g/mol. The van der Waals surface area contributed by atoms with E-state index in [-0.39, 0.29) is 11.2 Å². The third-order valence-corrected chi connectivity index (χ3v) is 5.81. The molecule has 3 rings (SSSR count). The van der Waals surface area contributed by atoms with Crippen molar-refractivity contribution < 1.29 is 19.0 Å². The fraction of sp³-hybridized carbons (Fsp3) is 0.364. The van der Waals surface area contributed by atoms with Crippen LogP contribution in [0.25, 0.3) is 0 Å². The summed E-state index contributed by atoms with van der Waals surface area (Å²) in [5.41, 5.74) is 1.82. The number of carbonyl (C=O) groups excluding carboxylic acids is 1. The van der Waals surface area contributed by atoms with Gasteiger partial charge in [-0.05, 0) is 54.8 Å². The van der Waals surface area contributed by atoms with Gasteiger partial charge in [-0.3, -0.25) is 9.69 Å². The summed E-state index contributed by atoms with van der Waals surface area (Å²) in [4.78, 5) is 19.5. The van der Waals surface area contributed by atoms with E-state index in [1.807, 2.05) is 42.5 Å². The van der Waals surface area contributed by atoms with Crippen molar-refractivity contribution in [3.05, 3.63) is 48.0 Å². The first-order valence-corrected chi connectivity index (χ1v) is 10.4. The Labute approximate surface area is 175 Å². The van der Waals surface area contributed by atoms with E-state index < -0.39 is 0 Å². The SMILES string of the molecule is CCCN1C(=O)[C@H](Cc2ccc(OC)c(OC)c2)SC1=Nc1ccc(OC)cc1. The Morgan fingerprint density at radius 3 is 2.34 bits per heavy atom. The first kappa shape index (κ1) is 21.0. The third kappa shape index (κ3) is 4.85. The number of aliphatic imine (C=N–C) groups is 1. The van der Waals surface area contributed by atoms with Crippen molar-refractivity contribution in [2.24, 2.45) is 4.99 Å². The van der Waals surface area contributed by atoms with E-state index in [0.29, 0.717) is 24.5 Å². The fourth-order valence-corrected chi connectivity index (χ4v) is 4.37. The van der Waals surface area contributed by atoms with Crippen molar-refractivity contribution >= 4 is 28.5 Å². The van der Waals surface area contributed by atoms with Gasteiger partial charge >= 0.3 is 0 Å². The van der Waals surface area contributed by atoms with E-state index in [1.54, 1.807) is 26.2 Å². The Balaban J connectivity index is 1.82. The van der Waals surface area contributed by atoms with Gasteiger partial charge in [-0.2, -0.15) is 0 Å². The van der Waals surface area contributed by atoms with Crippen molar-refractivity contribution in [1.82, 2.24) is 4.90 Å². The third-order valence-electron chi connectivity index (χ3n) is 4.63. The summed E-state index contributed by atoms with van der Waals surface area (Å²) in [5.74, 6) is 2.22. The average Bonchev–Trinajstić information content (AvgIpc) is 3.03. The van der Waals surface area contributed by atoms with Crippen LogP contribution >= 0.6 is 11.8 Å². The highest BCUT2D eigenvalue weighted by Gasteiger charge is 2.37. The number of benzene rings is 2. The lowest BCUT2D eigenvalue weighted by atomic mass is 10.1. The van der Waals surface area contributed by atoms with Gasteiger partial charge in [0.1, 0.15) is 5.75 Å². The highest BCUT2D eigenvalue weighted by Crippen LogP contribution is 2.34. The number of hydrogen-bond donors (Lipinski definition) is 0. The van der Waals surface area contributed by atoms with E-state index in [1.165, 1.54) is 11.8 Å². The minimum Gasteiger partial charge on any atom is -0.497 e. The number of nitrogens with zero attached hydrogens (tertiary/aromatic N) is 2. The molecule has 0 spiro atoms. The number of carbonyl (C=O) groups is 1. The predicted molar refractivity (Wildman–Crippen MR) is 117 cm³/mol. The largest absolute Gasteiger partial charge is 0.497 e. The maximum absolute atomic E-state index is 13.0. The van der Waals surface area contributed by atoms with Crippen LogP contribution in [0.15, 0.2) is 47.5 Å². The van der Waals surface area contributed by atoms with Crippen molar-refractivity contribution in [2.45, 2.75) is 25.0 Å². The number of ether oxygens (including phenoxy) is 3. The molecule has 2 aromatic carbocycles. The smallest absolute Gasteiger partial charge is 0.242 e. The molecule has 6 nitrogen and oxygen atoms in total. The minimum atomic E-state index is -0.211.